The molecule has 0 aliphatic rings. The van der Waals surface area contributed by atoms with Crippen LogP contribution in [0.15, 0.2) is 35.7 Å². The van der Waals surface area contributed by atoms with E-state index in [1.165, 1.54) is 30.2 Å². The second-order valence-electron chi connectivity index (χ2n) is 6.50. The number of ether oxygens (including phenoxy) is 1. The number of thioether (sulfide) groups is 1. The average Bonchev–Trinajstić information content (AvgIpc) is 3.32. The first-order valence-electron chi connectivity index (χ1n) is 9.25. The number of nitrogens with zero attached hydrogens (tertiary/aromatic N) is 4. The predicted octanol–water partition coefficient (Wildman–Crippen LogP) is 3.73. The number of benzene rings is 1. The van der Waals surface area contributed by atoms with E-state index < -0.39 is 5.97 Å². The Balaban J connectivity index is 1.56. The Bertz CT molecular complexity index is 1260. The lowest BCUT2D eigenvalue weighted by molar-refractivity contribution is -0.113. The summed E-state index contributed by atoms with van der Waals surface area (Å²) in [7, 11) is 1.35. The summed E-state index contributed by atoms with van der Waals surface area (Å²) >= 11 is 2.54. The van der Waals surface area contributed by atoms with Gasteiger partial charge >= 0.3 is 5.97 Å². The highest BCUT2D eigenvalue weighted by Crippen LogP contribution is 2.33. The number of hydrogen-bond acceptors (Lipinski definition) is 8. The number of nitrogens with one attached hydrogen (secondary N) is 1. The molecule has 0 bridgehead atoms. The summed E-state index contributed by atoms with van der Waals surface area (Å²) in [6, 6.07) is 7.75. The number of carbonyl (C=O) groups is 2. The topological polar surface area (TPSA) is 98.5 Å². The highest BCUT2D eigenvalue weighted by Gasteiger charge is 2.21. The van der Waals surface area contributed by atoms with Crippen molar-refractivity contribution in [3.63, 3.8) is 0 Å². The van der Waals surface area contributed by atoms with E-state index in [2.05, 4.69) is 20.5 Å². The van der Waals surface area contributed by atoms with Crippen LogP contribution in [0.5, 0.6) is 0 Å². The number of aryl methyl sites for hydroxylation is 2. The van der Waals surface area contributed by atoms with Gasteiger partial charge in [0.15, 0.2) is 10.8 Å². The van der Waals surface area contributed by atoms with Crippen LogP contribution in [0.25, 0.3) is 15.9 Å². The molecule has 154 valence electrons. The number of carbonyl (C=O) groups excluding carboxylic acids is 2. The summed E-state index contributed by atoms with van der Waals surface area (Å²) in [5.74, 6) is -0.328. The molecule has 0 radical (unpaired) electrons. The van der Waals surface area contributed by atoms with Gasteiger partial charge in [0.25, 0.3) is 0 Å². The molecular formula is C20H19N5O3S2. The number of anilines is 1. The Morgan fingerprint density at radius 3 is 2.83 bits per heavy atom. The third-order valence-electron chi connectivity index (χ3n) is 4.68. The lowest BCUT2D eigenvalue weighted by Crippen LogP contribution is -2.15. The van der Waals surface area contributed by atoms with Gasteiger partial charge in [-0.25, -0.2) is 9.78 Å². The van der Waals surface area contributed by atoms with Crippen LogP contribution >= 0.6 is 23.1 Å². The molecule has 30 heavy (non-hydrogen) atoms. The SMILES string of the molecule is CCc1ccccc1NC(=O)CSc1nnc2c3c(C)c(C(=O)OC)sc3ncn12. The maximum Gasteiger partial charge on any atom is 0.348 e. The molecule has 0 saturated heterocycles. The summed E-state index contributed by atoms with van der Waals surface area (Å²) in [4.78, 5) is 30.1. The third kappa shape index (κ3) is 3.63. The molecule has 0 atom stereocenters. The maximum atomic E-state index is 12.4. The third-order valence-corrected chi connectivity index (χ3v) is 6.81. The summed E-state index contributed by atoms with van der Waals surface area (Å²) in [5, 5.41) is 12.8. The molecule has 8 nitrogen and oxygen atoms in total. The van der Waals surface area contributed by atoms with Crippen LogP contribution in [0.1, 0.15) is 27.7 Å². The Hall–Kier alpha value is -2.98. The molecule has 4 rings (SSSR count). The summed E-state index contributed by atoms with van der Waals surface area (Å²) < 4.78 is 6.58. The van der Waals surface area contributed by atoms with Gasteiger partial charge in [0.2, 0.25) is 5.91 Å². The molecule has 1 amide bonds. The zero-order valence-corrected chi connectivity index (χ0v) is 18.3. The smallest absolute Gasteiger partial charge is 0.348 e. The van der Waals surface area contributed by atoms with E-state index in [1.54, 1.807) is 10.7 Å². The van der Waals surface area contributed by atoms with E-state index >= 15 is 0 Å². The Kier molecular flexibility index (Phi) is 5.69. The number of aromatic nitrogens is 4. The van der Waals surface area contributed by atoms with Gasteiger partial charge in [0, 0.05) is 5.69 Å². The monoisotopic (exact) mass is 441 g/mol. The Morgan fingerprint density at radius 2 is 2.07 bits per heavy atom. The van der Waals surface area contributed by atoms with Gasteiger partial charge in [-0.15, -0.1) is 21.5 Å². The van der Waals surface area contributed by atoms with E-state index in [4.69, 9.17) is 4.74 Å². The number of rotatable bonds is 6. The molecule has 0 spiro atoms. The fourth-order valence-electron chi connectivity index (χ4n) is 3.17. The first kappa shape index (κ1) is 20.3. The van der Waals surface area contributed by atoms with Gasteiger partial charge in [-0.3, -0.25) is 9.20 Å². The molecule has 0 fully saturated rings. The Labute approximate surface area is 180 Å². The van der Waals surface area contributed by atoms with Crippen molar-refractivity contribution in [1.29, 1.82) is 0 Å². The first-order valence-corrected chi connectivity index (χ1v) is 11.0. The van der Waals surface area contributed by atoms with E-state index in [0.29, 0.717) is 20.5 Å². The second kappa shape index (κ2) is 8.41. The standard InChI is InChI=1S/C20H19N5O3S2/c1-4-12-7-5-6-8-13(12)22-14(26)9-29-20-24-23-17-15-11(2)16(19(27)28-3)30-18(15)21-10-25(17)20/h5-8,10H,4,9H2,1-3H3,(H,22,26). The normalized spacial score (nSPS) is 11.2. The van der Waals surface area contributed by atoms with E-state index in [9.17, 15) is 9.59 Å². The Morgan fingerprint density at radius 1 is 1.27 bits per heavy atom. The van der Waals surface area contributed by atoms with Crippen molar-refractivity contribution in [3.8, 4) is 0 Å². The number of methoxy groups -OCH3 is 1. The molecule has 3 heterocycles. The molecular weight excluding hydrogens is 422 g/mol. The molecule has 1 aromatic carbocycles. The minimum absolute atomic E-state index is 0.119. The highest BCUT2D eigenvalue weighted by atomic mass is 32.2. The number of esters is 1. The van der Waals surface area contributed by atoms with Crippen molar-refractivity contribution in [1.82, 2.24) is 19.6 Å². The van der Waals surface area contributed by atoms with E-state index in [-0.39, 0.29) is 11.7 Å². The van der Waals surface area contributed by atoms with Crippen LogP contribution in [0.4, 0.5) is 5.69 Å². The summed E-state index contributed by atoms with van der Waals surface area (Å²) in [6.45, 7) is 3.89. The van der Waals surface area contributed by atoms with E-state index in [0.717, 1.165) is 28.6 Å². The largest absolute Gasteiger partial charge is 0.465 e. The zero-order chi connectivity index (χ0) is 21.3. The van der Waals surface area contributed by atoms with Gasteiger partial charge in [-0.05, 0) is 30.5 Å². The molecule has 4 aromatic rings. The highest BCUT2D eigenvalue weighted by molar-refractivity contribution is 7.99. The van der Waals surface area contributed by atoms with Crippen molar-refractivity contribution < 1.29 is 14.3 Å². The van der Waals surface area contributed by atoms with E-state index in [1.807, 2.05) is 38.1 Å². The first-order chi connectivity index (χ1) is 14.5. The summed E-state index contributed by atoms with van der Waals surface area (Å²) in [6.07, 6.45) is 2.45. The van der Waals surface area contributed by atoms with Crippen LogP contribution in [0.2, 0.25) is 0 Å². The van der Waals surface area contributed by atoms with Gasteiger partial charge in [-0.2, -0.15) is 0 Å². The minimum Gasteiger partial charge on any atom is -0.465 e. The van der Waals surface area contributed by atoms with Crippen molar-refractivity contribution >= 4 is 56.5 Å². The van der Waals surface area contributed by atoms with Crippen molar-refractivity contribution in [3.05, 3.63) is 46.6 Å². The predicted molar refractivity (Wildman–Crippen MR) is 117 cm³/mol. The number of hydrogen-bond donors (Lipinski definition) is 1. The van der Waals surface area contributed by atoms with Gasteiger partial charge in [0.1, 0.15) is 16.0 Å². The van der Waals surface area contributed by atoms with Crippen LogP contribution in [-0.2, 0) is 16.0 Å². The second-order valence-corrected chi connectivity index (χ2v) is 8.44. The molecule has 3 aromatic heterocycles. The number of amides is 1. The average molecular weight is 442 g/mol. The fourth-order valence-corrected chi connectivity index (χ4v) is 4.93. The number of fused-ring (bicyclic) bond motifs is 3. The van der Waals surface area contributed by atoms with Crippen molar-refractivity contribution in [2.75, 3.05) is 18.2 Å². The lowest BCUT2D eigenvalue weighted by atomic mass is 10.1. The van der Waals surface area contributed by atoms with Crippen molar-refractivity contribution in [2.45, 2.75) is 25.4 Å². The van der Waals surface area contributed by atoms with Crippen LogP contribution in [0.3, 0.4) is 0 Å². The molecule has 1 N–H and O–H groups in total. The van der Waals surface area contributed by atoms with Crippen LogP contribution < -0.4 is 5.32 Å². The fraction of sp³-hybridized carbons (Fsp3) is 0.250. The van der Waals surface area contributed by atoms with Crippen LogP contribution in [-0.4, -0.2) is 44.3 Å². The molecule has 0 aliphatic carbocycles. The van der Waals surface area contributed by atoms with Gasteiger partial charge < -0.3 is 10.1 Å². The number of thiophene rings is 1. The summed E-state index contributed by atoms with van der Waals surface area (Å²) in [5.41, 5.74) is 3.27. The molecule has 0 aliphatic heterocycles. The zero-order valence-electron chi connectivity index (χ0n) is 16.6. The minimum atomic E-state index is -0.396. The quantitative estimate of drug-likeness (QED) is 0.360. The van der Waals surface area contributed by atoms with Crippen molar-refractivity contribution in [2.24, 2.45) is 0 Å². The molecule has 0 unspecified atom stereocenters. The maximum absolute atomic E-state index is 12.4. The molecule has 0 saturated carbocycles. The lowest BCUT2D eigenvalue weighted by Gasteiger charge is -2.09. The number of para-hydroxylation sites is 1. The van der Waals surface area contributed by atoms with Gasteiger partial charge in [0.05, 0.1) is 18.2 Å². The van der Waals surface area contributed by atoms with Gasteiger partial charge in [-0.1, -0.05) is 36.9 Å². The molecule has 10 heteroatoms. The van der Waals surface area contributed by atoms with Crippen LogP contribution in [0, 0.1) is 6.92 Å².